The number of allylic oxidation sites excluding steroid dienone is 5. The lowest BCUT2D eigenvalue weighted by molar-refractivity contribution is -0.462. The number of ether oxygens (including phenoxy) is 2. The number of hydrogen-bond acceptors (Lipinski definition) is 17. The van der Waals surface area contributed by atoms with Crippen molar-refractivity contribution in [1.29, 1.82) is 0 Å². The van der Waals surface area contributed by atoms with Crippen LogP contribution in [0.2, 0.25) is 0 Å². The second-order valence-corrected chi connectivity index (χ2v) is 22.7. The third-order valence-corrected chi connectivity index (χ3v) is 16.1. The van der Waals surface area contributed by atoms with E-state index in [0.29, 0.717) is 12.0 Å². The molecular formula is C45H58N10O16P3+. The molecule has 1 saturated heterocycles. The SMILES string of the molecule is CN(CCCC(=O)NCCNC(=O)O[C@H]1[C@@H](O)[C@H](n2cnc3c(N)ncnc32)O[C@@H]1COP(=O)(O)OP(=O)(O)OP(=O)(O)O)C(=O)c1ccccc1C1=C2C=CC(=[N+](C)C)C=C2C(C)(C)c2cc(N(C)C)ccc21. The fraction of sp³-hybridized carbons (Fsp3) is 0.400. The van der Waals surface area contributed by atoms with Crippen molar-refractivity contribution >= 4 is 75.3 Å². The monoisotopic (exact) mass is 1090 g/mol. The van der Waals surface area contributed by atoms with Crippen LogP contribution in [0, 0.1) is 0 Å². The molecule has 2 unspecified atom stereocenters. The molecule has 6 atom stereocenters. The number of fused-ring (bicyclic) bond motifs is 3. The van der Waals surface area contributed by atoms with Crippen LogP contribution in [0.25, 0.3) is 16.7 Å². The smallest absolute Gasteiger partial charge is 0.440 e. The second kappa shape index (κ2) is 22.1. The highest BCUT2D eigenvalue weighted by molar-refractivity contribution is 7.66. The molecule has 2 aliphatic carbocycles. The molecule has 2 aromatic heterocycles. The van der Waals surface area contributed by atoms with Crippen LogP contribution < -0.4 is 21.3 Å². The average molecular weight is 1090 g/mol. The molecule has 2 aromatic carbocycles. The van der Waals surface area contributed by atoms with Gasteiger partial charge in [-0.3, -0.25) is 18.7 Å². The summed E-state index contributed by atoms with van der Waals surface area (Å²) in [6, 6.07) is 13.9. The van der Waals surface area contributed by atoms with Gasteiger partial charge in [-0.25, -0.2) is 38.0 Å². The minimum absolute atomic E-state index is 0.0284. The van der Waals surface area contributed by atoms with Gasteiger partial charge in [0.25, 0.3) is 5.91 Å². The summed E-state index contributed by atoms with van der Waals surface area (Å²) in [5, 5.41) is 16.4. The number of aliphatic hydroxyl groups excluding tert-OH is 1. The summed E-state index contributed by atoms with van der Waals surface area (Å²) in [4.78, 5) is 93.2. The zero-order valence-electron chi connectivity index (χ0n) is 41.3. The zero-order chi connectivity index (χ0) is 54.1. The molecule has 3 heterocycles. The Labute approximate surface area is 424 Å². The van der Waals surface area contributed by atoms with Crippen molar-refractivity contribution in [2.75, 3.05) is 72.1 Å². The molecule has 1 aliphatic heterocycles. The van der Waals surface area contributed by atoms with Gasteiger partial charge >= 0.3 is 29.6 Å². The fourth-order valence-corrected chi connectivity index (χ4v) is 11.7. The minimum atomic E-state index is -5.89. The Hall–Kier alpha value is -5.98. The van der Waals surface area contributed by atoms with Crippen molar-refractivity contribution in [3.05, 3.63) is 107 Å². The number of amides is 3. The van der Waals surface area contributed by atoms with Gasteiger partial charge in [-0.15, -0.1) is 0 Å². The van der Waals surface area contributed by atoms with Gasteiger partial charge < -0.3 is 60.3 Å². The molecule has 74 heavy (non-hydrogen) atoms. The Morgan fingerprint density at radius 3 is 2.35 bits per heavy atom. The van der Waals surface area contributed by atoms with Crippen molar-refractivity contribution in [3.63, 3.8) is 0 Å². The lowest BCUT2D eigenvalue weighted by Crippen LogP contribution is -2.42. The molecule has 0 spiro atoms. The van der Waals surface area contributed by atoms with Gasteiger partial charge in [0.2, 0.25) is 5.91 Å². The molecule has 3 aliphatic rings. The first-order chi connectivity index (χ1) is 34.7. The largest absolute Gasteiger partial charge is 0.490 e. The summed E-state index contributed by atoms with van der Waals surface area (Å²) in [7, 11) is -7.56. The average Bonchev–Trinajstić information content (AvgIpc) is 3.88. The van der Waals surface area contributed by atoms with Crippen LogP contribution in [0.15, 0.2) is 84.5 Å². The first kappa shape index (κ1) is 55.8. The highest BCUT2D eigenvalue weighted by Gasteiger charge is 2.50. The predicted molar refractivity (Wildman–Crippen MR) is 268 cm³/mol. The number of aromatic nitrogens is 4. The quantitative estimate of drug-likeness (QED) is 0.0380. The lowest BCUT2D eigenvalue weighted by atomic mass is 9.64. The number of carbonyl (C=O) groups excluding carboxylic acids is 3. The Bertz CT molecular complexity index is 3130. The maximum atomic E-state index is 14.3. The first-order valence-corrected chi connectivity index (χ1v) is 27.3. The van der Waals surface area contributed by atoms with Gasteiger partial charge in [0, 0.05) is 76.0 Å². The summed E-state index contributed by atoms with van der Waals surface area (Å²) in [5.41, 5.74) is 14.4. The van der Waals surface area contributed by atoms with E-state index in [1.165, 1.54) is 10.9 Å². The lowest BCUT2D eigenvalue weighted by Gasteiger charge is -2.39. The molecule has 1 fully saturated rings. The molecule has 0 saturated carbocycles. The van der Waals surface area contributed by atoms with Gasteiger partial charge in [0.15, 0.2) is 29.5 Å². The highest BCUT2D eigenvalue weighted by atomic mass is 31.3. The topological polar surface area (TPSA) is 353 Å². The number of rotatable bonds is 19. The van der Waals surface area contributed by atoms with Crippen LogP contribution in [0.1, 0.15) is 60.0 Å². The molecule has 26 nitrogen and oxygen atoms in total. The van der Waals surface area contributed by atoms with Crippen molar-refractivity contribution in [3.8, 4) is 0 Å². The highest BCUT2D eigenvalue weighted by Crippen LogP contribution is 2.66. The third-order valence-electron chi connectivity index (χ3n) is 12.3. The Morgan fingerprint density at radius 2 is 1.65 bits per heavy atom. The van der Waals surface area contributed by atoms with E-state index < -0.39 is 60.7 Å². The molecule has 0 radical (unpaired) electrons. The molecule has 7 rings (SSSR count). The molecule has 3 amide bonds. The van der Waals surface area contributed by atoms with Crippen LogP contribution in [0.5, 0.6) is 0 Å². The van der Waals surface area contributed by atoms with Gasteiger partial charge in [-0.2, -0.15) is 8.62 Å². The Balaban J connectivity index is 0.953. The summed E-state index contributed by atoms with van der Waals surface area (Å²) >= 11 is 0. The number of alkyl carbamates (subject to hydrolysis) is 1. The number of carbonyl (C=O) groups is 3. The van der Waals surface area contributed by atoms with Crippen molar-refractivity contribution < 1.29 is 80.0 Å². The van der Waals surface area contributed by atoms with E-state index in [2.05, 4.69) is 94.0 Å². The number of phosphoric ester groups is 1. The van der Waals surface area contributed by atoms with Gasteiger partial charge in [-0.05, 0) is 64.1 Å². The number of phosphoric acid groups is 3. The van der Waals surface area contributed by atoms with Crippen molar-refractivity contribution in [2.24, 2.45) is 0 Å². The maximum Gasteiger partial charge on any atom is 0.490 e. The molecule has 4 aromatic rings. The van der Waals surface area contributed by atoms with E-state index in [1.807, 2.05) is 52.5 Å². The van der Waals surface area contributed by atoms with Crippen LogP contribution in [-0.2, 0) is 46.5 Å². The van der Waals surface area contributed by atoms with E-state index in [0.717, 1.165) is 51.1 Å². The van der Waals surface area contributed by atoms with Crippen LogP contribution in [0.4, 0.5) is 16.3 Å². The first-order valence-electron chi connectivity index (χ1n) is 22.8. The summed E-state index contributed by atoms with van der Waals surface area (Å²) < 4.78 is 62.1. The van der Waals surface area contributed by atoms with Crippen LogP contribution in [0.3, 0.4) is 0 Å². The van der Waals surface area contributed by atoms with E-state index in [4.69, 9.17) is 29.5 Å². The standard InChI is InChI=1S/C45H57N10O16P3/c1-45(2)32-21-26(52(3)4)14-16-30(32)36(31-17-15-27(53(5)6)22-33(31)45)28-11-8-9-12-29(28)42(58)54(7)20-10-13-35(56)47-18-19-48-44(59)69-39-34(23-67-73(63,64)71-74(65,66)70-72(60,61)62)68-43(38(39)57)55-25-51-37-40(46)49-24-50-41(37)55/h8-9,11-12,14-17,21-22,24-25,34,38-39,43,57H,10,13,18-20,23H2,1-7H3,(H7-,46,47,48,49,50,56,59,60,61,62,63,64,65,66)/p+1/t34-,38-,39-,43-/m1/s1. The summed E-state index contributed by atoms with van der Waals surface area (Å²) in [5.74, 6) is -0.633. The van der Waals surface area contributed by atoms with E-state index in [9.17, 15) is 43.0 Å². The Kier molecular flexibility index (Phi) is 16.6. The van der Waals surface area contributed by atoms with Crippen LogP contribution in [-0.4, -0.2) is 157 Å². The predicted octanol–water partition coefficient (Wildman–Crippen LogP) is 3.14. The molecular weight excluding hydrogens is 1030 g/mol. The number of anilines is 2. The van der Waals surface area contributed by atoms with E-state index in [-0.39, 0.29) is 60.3 Å². The zero-order valence-corrected chi connectivity index (χ0v) is 43.9. The van der Waals surface area contributed by atoms with Gasteiger partial charge in [-0.1, -0.05) is 38.1 Å². The van der Waals surface area contributed by atoms with Gasteiger partial charge in [0.05, 0.1) is 12.9 Å². The minimum Gasteiger partial charge on any atom is -0.440 e. The number of benzene rings is 2. The van der Waals surface area contributed by atoms with Crippen molar-refractivity contribution in [1.82, 2.24) is 35.1 Å². The third kappa shape index (κ3) is 12.6. The number of nitrogens with one attached hydrogen (secondary N) is 2. The number of nitrogen functional groups attached to an aromatic ring is 1. The van der Waals surface area contributed by atoms with Crippen molar-refractivity contribution in [2.45, 2.75) is 56.6 Å². The molecule has 398 valence electrons. The normalized spacial score (nSPS) is 20.7. The van der Waals surface area contributed by atoms with Gasteiger partial charge in [0.1, 0.15) is 38.1 Å². The number of hydrogen-bond donors (Lipinski definition) is 8. The second-order valence-electron chi connectivity index (χ2n) is 18.3. The molecule has 29 heteroatoms. The number of imidazole rings is 1. The molecule has 9 N–H and O–H groups in total. The van der Waals surface area contributed by atoms with E-state index >= 15 is 0 Å². The number of aliphatic hydroxyl groups is 1. The summed E-state index contributed by atoms with van der Waals surface area (Å²) in [6.45, 7) is 3.32. The molecule has 0 bridgehead atoms. The summed E-state index contributed by atoms with van der Waals surface area (Å²) in [6.07, 6.45) is 1.26. The van der Waals surface area contributed by atoms with E-state index in [1.54, 1.807) is 11.9 Å². The van der Waals surface area contributed by atoms with Crippen LogP contribution >= 0.6 is 23.5 Å². The fourth-order valence-electron chi connectivity index (χ4n) is 8.72. The maximum absolute atomic E-state index is 14.3. The number of nitrogens with zero attached hydrogens (tertiary/aromatic N) is 7. The Morgan fingerprint density at radius 1 is 0.932 bits per heavy atom. The number of nitrogens with two attached hydrogens (primary N) is 1.